The normalized spacial score (nSPS) is 16.0. The van der Waals surface area contributed by atoms with E-state index in [-0.39, 0.29) is 12.6 Å². The predicted molar refractivity (Wildman–Crippen MR) is 66.1 cm³/mol. The summed E-state index contributed by atoms with van der Waals surface area (Å²) < 4.78 is 0. The van der Waals surface area contributed by atoms with Crippen LogP contribution < -0.4 is 5.32 Å². The van der Waals surface area contributed by atoms with Crippen LogP contribution in [0.2, 0.25) is 0 Å². The molecule has 0 fully saturated rings. The molecule has 2 atom stereocenters. The van der Waals surface area contributed by atoms with E-state index in [4.69, 9.17) is 0 Å². The van der Waals surface area contributed by atoms with Crippen LogP contribution >= 0.6 is 0 Å². The third kappa shape index (κ3) is 6.13. The van der Waals surface area contributed by atoms with Gasteiger partial charge in [0.15, 0.2) is 0 Å². The third-order valence-electron chi connectivity index (χ3n) is 3.07. The van der Waals surface area contributed by atoms with Crippen molar-refractivity contribution in [1.82, 2.24) is 10.2 Å². The van der Waals surface area contributed by atoms with Gasteiger partial charge in [-0.3, -0.25) is 0 Å². The largest absolute Gasteiger partial charge is 0.395 e. The van der Waals surface area contributed by atoms with Crippen molar-refractivity contribution >= 4 is 0 Å². The van der Waals surface area contributed by atoms with Crippen molar-refractivity contribution in [2.24, 2.45) is 5.92 Å². The lowest BCUT2D eigenvalue weighted by Gasteiger charge is -2.31. The number of likely N-dealkylation sites (N-methyl/N-ethyl adjacent to an activating group) is 1. The lowest BCUT2D eigenvalue weighted by molar-refractivity contribution is 0.154. The molecular weight excluding hydrogens is 188 g/mol. The molecule has 15 heavy (non-hydrogen) atoms. The van der Waals surface area contributed by atoms with Crippen LogP contribution in [0, 0.1) is 5.92 Å². The smallest absolute Gasteiger partial charge is 0.0597 e. The molecule has 92 valence electrons. The number of rotatable bonds is 8. The van der Waals surface area contributed by atoms with Crippen LogP contribution in [0.15, 0.2) is 0 Å². The number of nitrogens with zero attached hydrogens (tertiary/aromatic N) is 1. The zero-order chi connectivity index (χ0) is 11.8. The first-order valence-corrected chi connectivity index (χ1v) is 6.07. The van der Waals surface area contributed by atoms with Crippen LogP contribution in [0.1, 0.15) is 34.1 Å². The molecule has 2 unspecified atom stereocenters. The monoisotopic (exact) mass is 216 g/mol. The molecule has 2 N–H and O–H groups in total. The van der Waals surface area contributed by atoms with Gasteiger partial charge in [0, 0.05) is 18.6 Å². The SMILES string of the molecule is CCCNC(CO)CN(C)C(C)C(C)C. The van der Waals surface area contributed by atoms with E-state index in [1.54, 1.807) is 0 Å². The second-order valence-corrected chi connectivity index (χ2v) is 4.76. The molecule has 0 spiro atoms. The molecule has 3 heteroatoms. The van der Waals surface area contributed by atoms with Crippen molar-refractivity contribution in [2.45, 2.75) is 46.2 Å². The maximum Gasteiger partial charge on any atom is 0.0597 e. The van der Waals surface area contributed by atoms with Gasteiger partial charge >= 0.3 is 0 Å². The molecule has 0 aromatic rings. The van der Waals surface area contributed by atoms with Crippen molar-refractivity contribution in [2.75, 3.05) is 26.7 Å². The summed E-state index contributed by atoms with van der Waals surface area (Å²) in [7, 11) is 2.13. The summed E-state index contributed by atoms with van der Waals surface area (Å²) in [6.45, 7) is 10.9. The molecule has 3 nitrogen and oxygen atoms in total. The second-order valence-electron chi connectivity index (χ2n) is 4.76. The molecule has 0 saturated carbocycles. The minimum atomic E-state index is 0.205. The summed E-state index contributed by atoms with van der Waals surface area (Å²) in [4.78, 5) is 2.31. The van der Waals surface area contributed by atoms with E-state index in [1.165, 1.54) is 0 Å². The van der Waals surface area contributed by atoms with E-state index < -0.39 is 0 Å². The molecule has 0 saturated heterocycles. The second kappa shape index (κ2) is 8.08. The first kappa shape index (κ1) is 14.9. The Bertz CT molecular complexity index is 151. The number of nitrogens with one attached hydrogen (secondary N) is 1. The Labute approximate surface area is 94.9 Å². The highest BCUT2D eigenvalue weighted by Gasteiger charge is 2.16. The van der Waals surface area contributed by atoms with E-state index in [9.17, 15) is 5.11 Å². The van der Waals surface area contributed by atoms with E-state index in [0.717, 1.165) is 19.5 Å². The van der Waals surface area contributed by atoms with Gasteiger partial charge in [-0.15, -0.1) is 0 Å². The fourth-order valence-electron chi connectivity index (χ4n) is 1.56. The Morgan fingerprint density at radius 1 is 1.27 bits per heavy atom. The standard InChI is InChI=1S/C12H28N2O/c1-6-7-13-12(9-15)8-14(5)11(4)10(2)3/h10-13,15H,6-9H2,1-5H3. The fourth-order valence-corrected chi connectivity index (χ4v) is 1.56. The Balaban J connectivity index is 3.94. The van der Waals surface area contributed by atoms with E-state index >= 15 is 0 Å². The summed E-state index contributed by atoms with van der Waals surface area (Å²) in [5.74, 6) is 0.653. The molecule has 0 amide bonds. The Morgan fingerprint density at radius 2 is 1.87 bits per heavy atom. The zero-order valence-corrected chi connectivity index (χ0v) is 11.0. The quantitative estimate of drug-likeness (QED) is 0.642. The highest BCUT2D eigenvalue weighted by molar-refractivity contribution is 4.74. The fraction of sp³-hybridized carbons (Fsp3) is 1.00. The zero-order valence-electron chi connectivity index (χ0n) is 11.0. The summed E-state index contributed by atoms with van der Waals surface area (Å²) in [5.41, 5.74) is 0. The van der Waals surface area contributed by atoms with E-state index in [2.05, 4.69) is 45.0 Å². The van der Waals surface area contributed by atoms with Crippen molar-refractivity contribution in [3.63, 3.8) is 0 Å². The molecular formula is C12H28N2O. The van der Waals surface area contributed by atoms with Gasteiger partial charge in [0.25, 0.3) is 0 Å². The van der Waals surface area contributed by atoms with Gasteiger partial charge in [-0.1, -0.05) is 20.8 Å². The van der Waals surface area contributed by atoms with Gasteiger partial charge in [-0.05, 0) is 32.9 Å². The highest BCUT2D eigenvalue weighted by Crippen LogP contribution is 2.08. The van der Waals surface area contributed by atoms with Crippen molar-refractivity contribution in [3.05, 3.63) is 0 Å². The molecule has 0 aliphatic rings. The number of hydrogen-bond donors (Lipinski definition) is 2. The topological polar surface area (TPSA) is 35.5 Å². The molecule has 0 aliphatic heterocycles. The lowest BCUT2D eigenvalue weighted by Crippen LogP contribution is -2.46. The van der Waals surface area contributed by atoms with Gasteiger partial charge in [0.2, 0.25) is 0 Å². The Morgan fingerprint density at radius 3 is 2.27 bits per heavy atom. The van der Waals surface area contributed by atoms with Crippen LogP contribution in [0.3, 0.4) is 0 Å². The summed E-state index contributed by atoms with van der Waals surface area (Å²) >= 11 is 0. The van der Waals surface area contributed by atoms with E-state index in [0.29, 0.717) is 12.0 Å². The average molecular weight is 216 g/mol. The third-order valence-corrected chi connectivity index (χ3v) is 3.07. The van der Waals surface area contributed by atoms with Gasteiger partial charge in [-0.25, -0.2) is 0 Å². The maximum atomic E-state index is 9.23. The maximum absolute atomic E-state index is 9.23. The van der Waals surface area contributed by atoms with Crippen LogP contribution in [0.5, 0.6) is 0 Å². The average Bonchev–Trinajstić information content (AvgIpc) is 2.22. The first-order chi connectivity index (χ1) is 7.02. The first-order valence-electron chi connectivity index (χ1n) is 6.07. The lowest BCUT2D eigenvalue weighted by atomic mass is 10.0. The van der Waals surface area contributed by atoms with Gasteiger partial charge in [0.05, 0.1) is 6.61 Å². The molecule has 0 radical (unpaired) electrons. The predicted octanol–water partition coefficient (Wildman–Crippen LogP) is 1.32. The van der Waals surface area contributed by atoms with Crippen LogP contribution in [0.25, 0.3) is 0 Å². The van der Waals surface area contributed by atoms with Crippen LogP contribution in [-0.4, -0.2) is 48.8 Å². The molecule has 0 bridgehead atoms. The molecule has 0 aromatic carbocycles. The van der Waals surface area contributed by atoms with Crippen LogP contribution in [-0.2, 0) is 0 Å². The van der Waals surface area contributed by atoms with Crippen molar-refractivity contribution in [1.29, 1.82) is 0 Å². The Hall–Kier alpha value is -0.120. The summed E-state index contributed by atoms with van der Waals surface area (Å²) in [6, 6.07) is 0.763. The highest BCUT2D eigenvalue weighted by atomic mass is 16.3. The number of aliphatic hydroxyl groups is 1. The Kier molecular flexibility index (Phi) is 8.02. The van der Waals surface area contributed by atoms with Gasteiger partial charge < -0.3 is 15.3 Å². The minimum Gasteiger partial charge on any atom is -0.395 e. The number of aliphatic hydroxyl groups excluding tert-OH is 1. The molecule has 0 heterocycles. The van der Waals surface area contributed by atoms with Crippen LogP contribution in [0.4, 0.5) is 0 Å². The molecule has 0 rings (SSSR count). The summed E-state index contributed by atoms with van der Waals surface area (Å²) in [6.07, 6.45) is 1.11. The molecule has 0 aromatic heterocycles. The minimum absolute atomic E-state index is 0.205. The van der Waals surface area contributed by atoms with Gasteiger partial charge in [0.1, 0.15) is 0 Å². The van der Waals surface area contributed by atoms with Crippen molar-refractivity contribution in [3.8, 4) is 0 Å². The van der Waals surface area contributed by atoms with Gasteiger partial charge in [-0.2, -0.15) is 0 Å². The summed E-state index contributed by atoms with van der Waals surface area (Å²) in [5, 5.41) is 12.6. The van der Waals surface area contributed by atoms with Crippen molar-refractivity contribution < 1.29 is 5.11 Å². The van der Waals surface area contributed by atoms with E-state index in [1.807, 2.05) is 0 Å². The number of hydrogen-bond acceptors (Lipinski definition) is 3. The molecule has 0 aliphatic carbocycles.